The number of benzene rings is 1. The Morgan fingerprint density at radius 2 is 1.33 bits per heavy atom. The molecule has 1 rings (SSSR count). The van der Waals surface area contributed by atoms with Crippen molar-refractivity contribution in [3.63, 3.8) is 0 Å². The predicted octanol–water partition coefficient (Wildman–Crippen LogP) is 5.34. The molecule has 1 aromatic rings. The molecule has 0 aromatic heterocycles. The van der Waals surface area contributed by atoms with Crippen molar-refractivity contribution in [2.24, 2.45) is 0 Å². The summed E-state index contributed by atoms with van der Waals surface area (Å²) in [6.45, 7) is 15.7. The molecule has 0 aliphatic carbocycles. The third kappa shape index (κ3) is 13.0. The lowest BCUT2D eigenvalue weighted by atomic mass is 10.2. The van der Waals surface area contributed by atoms with Crippen molar-refractivity contribution in [3.8, 4) is 0 Å². The summed E-state index contributed by atoms with van der Waals surface area (Å²) < 4.78 is 5.01. The van der Waals surface area contributed by atoms with E-state index in [1.807, 2.05) is 41.5 Å². The Kier molecular flexibility index (Phi) is 26.2. The summed E-state index contributed by atoms with van der Waals surface area (Å²) in [7, 11) is 1.71. The summed E-state index contributed by atoms with van der Waals surface area (Å²) in [5, 5.41) is 3.24. The van der Waals surface area contributed by atoms with Crippen molar-refractivity contribution in [1.82, 2.24) is 0 Å². The molecule has 0 saturated carbocycles. The van der Waals surface area contributed by atoms with E-state index < -0.39 is 0 Å². The van der Waals surface area contributed by atoms with Crippen LogP contribution in [0.5, 0.6) is 0 Å². The van der Waals surface area contributed by atoms with Crippen LogP contribution in [0.2, 0.25) is 0 Å². The van der Waals surface area contributed by atoms with Crippen molar-refractivity contribution in [1.29, 1.82) is 0 Å². The van der Waals surface area contributed by atoms with Crippen LogP contribution in [-0.2, 0) is 11.3 Å². The quantitative estimate of drug-likeness (QED) is 0.783. The van der Waals surface area contributed by atoms with Gasteiger partial charge in [0.2, 0.25) is 0 Å². The van der Waals surface area contributed by atoms with Gasteiger partial charge in [0, 0.05) is 19.3 Å². The maximum Gasteiger partial charge on any atom is 0.0713 e. The molecule has 2 nitrogen and oxygen atoms in total. The number of hydrogen-bond donors (Lipinski definition) is 1. The van der Waals surface area contributed by atoms with E-state index in [4.69, 9.17) is 4.74 Å². The average molecular weight is 255 g/mol. The van der Waals surface area contributed by atoms with Gasteiger partial charge in [0.1, 0.15) is 0 Å². The van der Waals surface area contributed by atoms with E-state index in [9.17, 15) is 0 Å². The Hall–Kier alpha value is -1.02. The summed E-state index contributed by atoms with van der Waals surface area (Å²) in [5.41, 5.74) is 2.37. The van der Waals surface area contributed by atoms with Crippen LogP contribution in [0.1, 0.15) is 54.0 Å². The zero-order chi connectivity index (χ0) is 14.8. The number of nitrogens with one attached hydrogen (secondary N) is 1. The lowest BCUT2D eigenvalue weighted by Gasteiger charge is -2.03. The van der Waals surface area contributed by atoms with Crippen molar-refractivity contribution in [3.05, 3.63) is 29.8 Å². The van der Waals surface area contributed by atoms with Crippen LogP contribution in [0, 0.1) is 0 Å². The summed E-state index contributed by atoms with van der Waals surface area (Å²) in [5.74, 6) is 0. The van der Waals surface area contributed by atoms with Gasteiger partial charge in [-0.25, -0.2) is 0 Å². The first kappa shape index (κ1) is 22.2. The second kappa shape index (κ2) is 21.3. The summed E-state index contributed by atoms with van der Waals surface area (Å²) in [6.07, 6.45) is 0. The zero-order valence-corrected chi connectivity index (χ0v) is 13.6. The minimum atomic E-state index is 0.687. The third-order valence-corrected chi connectivity index (χ3v) is 1.65. The minimum Gasteiger partial charge on any atom is -0.385 e. The van der Waals surface area contributed by atoms with E-state index >= 15 is 0 Å². The summed E-state index contributed by atoms with van der Waals surface area (Å²) in [6, 6.07) is 8.28. The Bertz CT molecular complexity index is 194. The highest BCUT2D eigenvalue weighted by Gasteiger charge is 1.91. The molecule has 0 spiro atoms. The topological polar surface area (TPSA) is 21.3 Å². The van der Waals surface area contributed by atoms with Crippen molar-refractivity contribution < 1.29 is 4.74 Å². The Morgan fingerprint density at radius 3 is 1.67 bits per heavy atom. The molecule has 0 radical (unpaired) electrons. The third-order valence-electron chi connectivity index (χ3n) is 1.65. The van der Waals surface area contributed by atoms with Crippen LogP contribution >= 0.6 is 0 Å². The van der Waals surface area contributed by atoms with Crippen molar-refractivity contribution in [2.45, 2.75) is 55.1 Å². The second-order valence-corrected chi connectivity index (χ2v) is 2.66. The van der Waals surface area contributed by atoms with Gasteiger partial charge in [-0.2, -0.15) is 0 Å². The predicted molar refractivity (Wildman–Crippen MR) is 85.4 cm³/mol. The van der Waals surface area contributed by atoms with E-state index in [0.717, 1.165) is 12.2 Å². The van der Waals surface area contributed by atoms with Gasteiger partial charge in [-0.05, 0) is 24.6 Å². The molecule has 0 bridgehead atoms. The number of hydrogen-bond acceptors (Lipinski definition) is 2. The number of ether oxygens (including phenoxy) is 1. The monoisotopic (exact) mass is 255 g/mol. The Labute approximate surface area is 115 Å². The first-order valence-electron chi connectivity index (χ1n) is 7.18. The molecular formula is C16H33NO. The molecule has 18 heavy (non-hydrogen) atoms. The fraction of sp³-hybridized carbons (Fsp3) is 0.625. The lowest BCUT2D eigenvalue weighted by Crippen LogP contribution is -1.96. The van der Waals surface area contributed by atoms with Crippen LogP contribution in [0.15, 0.2) is 24.3 Å². The lowest BCUT2D eigenvalue weighted by molar-refractivity contribution is 0.185. The normalized spacial score (nSPS) is 7.56. The number of anilines is 1. The largest absolute Gasteiger partial charge is 0.385 e. The van der Waals surface area contributed by atoms with E-state index in [1.165, 1.54) is 5.56 Å². The number of methoxy groups -OCH3 is 1. The maximum absolute atomic E-state index is 5.01. The van der Waals surface area contributed by atoms with Gasteiger partial charge in [0.25, 0.3) is 0 Å². The van der Waals surface area contributed by atoms with Gasteiger partial charge in [-0.3, -0.25) is 0 Å². The Balaban J connectivity index is -0.000000328. The van der Waals surface area contributed by atoms with Gasteiger partial charge < -0.3 is 10.1 Å². The molecule has 0 aliphatic heterocycles. The van der Waals surface area contributed by atoms with Crippen LogP contribution < -0.4 is 5.32 Å². The average Bonchev–Trinajstić information content (AvgIpc) is 2.48. The highest BCUT2D eigenvalue weighted by atomic mass is 16.5. The van der Waals surface area contributed by atoms with E-state index in [1.54, 1.807) is 7.11 Å². The van der Waals surface area contributed by atoms with Gasteiger partial charge in [0.05, 0.1) is 6.61 Å². The highest BCUT2D eigenvalue weighted by Crippen LogP contribution is 2.09. The fourth-order valence-electron chi connectivity index (χ4n) is 1.09. The maximum atomic E-state index is 5.01. The second-order valence-electron chi connectivity index (χ2n) is 2.66. The van der Waals surface area contributed by atoms with Gasteiger partial charge in [-0.1, -0.05) is 53.7 Å². The van der Waals surface area contributed by atoms with Crippen molar-refractivity contribution in [2.75, 3.05) is 19.0 Å². The highest BCUT2D eigenvalue weighted by molar-refractivity contribution is 5.44. The van der Waals surface area contributed by atoms with Crippen LogP contribution in [0.25, 0.3) is 0 Å². The van der Waals surface area contributed by atoms with Crippen LogP contribution in [-0.4, -0.2) is 13.7 Å². The molecule has 1 aromatic carbocycles. The zero-order valence-electron chi connectivity index (χ0n) is 13.6. The molecule has 0 unspecified atom stereocenters. The summed E-state index contributed by atoms with van der Waals surface area (Å²) >= 11 is 0. The molecule has 0 amide bonds. The first-order valence-corrected chi connectivity index (χ1v) is 7.18. The first-order chi connectivity index (χ1) is 8.86. The van der Waals surface area contributed by atoms with E-state index in [2.05, 4.69) is 36.5 Å². The SMILES string of the molecule is CC.CC.CC.CCNc1ccc(COC)cc1. The fourth-order valence-corrected chi connectivity index (χ4v) is 1.09. The molecule has 1 N–H and O–H groups in total. The molecule has 0 heterocycles. The van der Waals surface area contributed by atoms with Crippen LogP contribution in [0.3, 0.4) is 0 Å². The van der Waals surface area contributed by atoms with Gasteiger partial charge in [0.15, 0.2) is 0 Å². The number of rotatable bonds is 4. The van der Waals surface area contributed by atoms with Crippen molar-refractivity contribution >= 4 is 5.69 Å². The standard InChI is InChI=1S/C10H15NO.3C2H6/c1-3-11-10-6-4-9(5-7-10)8-12-2;3*1-2/h4-7,11H,3,8H2,1-2H3;3*1-2H3. The smallest absolute Gasteiger partial charge is 0.0713 e. The molecule has 2 heteroatoms. The molecule has 0 atom stereocenters. The minimum absolute atomic E-state index is 0.687. The molecular weight excluding hydrogens is 222 g/mol. The van der Waals surface area contributed by atoms with Gasteiger partial charge >= 0.3 is 0 Å². The van der Waals surface area contributed by atoms with E-state index in [0.29, 0.717) is 6.61 Å². The van der Waals surface area contributed by atoms with E-state index in [-0.39, 0.29) is 0 Å². The van der Waals surface area contributed by atoms with Gasteiger partial charge in [-0.15, -0.1) is 0 Å². The Morgan fingerprint density at radius 1 is 0.889 bits per heavy atom. The van der Waals surface area contributed by atoms with Crippen LogP contribution in [0.4, 0.5) is 5.69 Å². The molecule has 0 saturated heterocycles. The molecule has 108 valence electrons. The summed E-state index contributed by atoms with van der Waals surface area (Å²) in [4.78, 5) is 0. The molecule has 0 fully saturated rings. The molecule has 0 aliphatic rings.